The Labute approximate surface area is 90.4 Å². The van der Waals surface area contributed by atoms with Crippen molar-refractivity contribution in [2.75, 3.05) is 14.2 Å². The van der Waals surface area contributed by atoms with Gasteiger partial charge in [0, 0.05) is 0 Å². The summed E-state index contributed by atoms with van der Waals surface area (Å²) in [6.45, 7) is 0. The van der Waals surface area contributed by atoms with Gasteiger partial charge in [-0.25, -0.2) is 4.79 Å². The fourth-order valence-electron chi connectivity index (χ4n) is 1.48. The summed E-state index contributed by atoms with van der Waals surface area (Å²) in [5, 5.41) is 12.9. The molecule has 84 valence electrons. The lowest BCUT2D eigenvalue weighted by molar-refractivity contribution is 0.0655. The second kappa shape index (κ2) is 3.73. The van der Waals surface area contributed by atoms with Crippen molar-refractivity contribution in [1.29, 1.82) is 0 Å². The van der Waals surface area contributed by atoms with Crippen LogP contribution < -0.4 is 9.47 Å². The first-order chi connectivity index (χ1) is 7.69. The molecule has 0 atom stereocenters. The molecule has 0 bridgehead atoms. The maximum absolute atomic E-state index is 10.8. The third-order valence-electron chi connectivity index (χ3n) is 2.19. The van der Waals surface area contributed by atoms with Crippen LogP contribution in [0.3, 0.4) is 0 Å². The van der Waals surface area contributed by atoms with Gasteiger partial charge in [-0.05, 0) is 12.1 Å². The van der Waals surface area contributed by atoms with Gasteiger partial charge in [0.2, 0.25) is 0 Å². The highest BCUT2D eigenvalue weighted by atomic mass is 16.5. The fourth-order valence-corrected chi connectivity index (χ4v) is 1.48. The maximum Gasteiger partial charge on any atom is 0.375 e. The first kappa shape index (κ1) is 10.3. The molecule has 0 saturated carbocycles. The van der Waals surface area contributed by atoms with Crippen LogP contribution in [0.2, 0.25) is 0 Å². The van der Waals surface area contributed by atoms with Crippen LogP contribution in [0.25, 0.3) is 10.9 Å². The summed E-state index contributed by atoms with van der Waals surface area (Å²) in [7, 11) is 2.94. The molecule has 0 spiro atoms. The Morgan fingerprint density at radius 3 is 2.69 bits per heavy atom. The topological polar surface area (TPSA) is 81.8 Å². The van der Waals surface area contributed by atoms with Crippen LogP contribution in [0.15, 0.2) is 16.7 Å². The van der Waals surface area contributed by atoms with Crippen LogP contribution in [0, 0.1) is 0 Å². The summed E-state index contributed by atoms with van der Waals surface area (Å²) in [6, 6.07) is 3.17. The van der Waals surface area contributed by atoms with E-state index in [9.17, 15) is 4.79 Å². The van der Waals surface area contributed by atoms with E-state index in [-0.39, 0.29) is 5.76 Å². The number of benzene rings is 1. The molecular weight excluding hydrogens is 214 g/mol. The van der Waals surface area contributed by atoms with Crippen LogP contribution in [-0.4, -0.2) is 30.5 Å². The fraction of sp³-hybridized carbons (Fsp3) is 0.200. The number of methoxy groups -OCH3 is 2. The standard InChI is InChI=1S/C10H9NO5/c1-14-6-4-3-5-7(9(6)15-2)11-16-8(5)10(12)13/h3-4H,1-2H3,(H,12,13). The van der Waals surface area contributed by atoms with Crippen molar-refractivity contribution >= 4 is 16.9 Å². The van der Waals surface area contributed by atoms with Crippen LogP contribution in [0.5, 0.6) is 11.5 Å². The minimum atomic E-state index is -1.17. The Bertz CT molecular complexity index is 545. The summed E-state index contributed by atoms with van der Waals surface area (Å²) in [5.41, 5.74) is 0.333. The Hall–Kier alpha value is -2.24. The van der Waals surface area contributed by atoms with E-state index in [0.717, 1.165) is 0 Å². The van der Waals surface area contributed by atoms with Crippen molar-refractivity contribution in [3.63, 3.8) is 0 Å². The van der Waals surface area contributed by atoms with Gasteiger partial charge < -0.3 is 19.1 Å². The van der Waals surface area contributed by atoms with E-state index in [1.165, 1.54) is 14.2 Å². The molecule has 16 heavy (non-hydrogen) atoms. The first-order valence-electron chi connectivity index (χ1n) is 4.42. The van der Waals surface area contributed by atoms with Gasteiger partial charge in [0.25, 0.3) is 5.76 Å². The number of rotatable bonds is 3. The van der Waals surface area contributed by atoms with Crippen molar-refractivity contribution in [3.05, 3.63) is 17.9 Å². The second-order valence-corrected chi connectivity index (χ2v) is 3.01. The van der Waals surface area contributed by atoms with Gasteiger partial charge in [-0.2, -0.15) is 0 Å². The highest BCUT2D eigenvalue weighted by Gasteiger charge is 2.20. The summed E-state index contributed by atoms with van der Waals surface area (Å²) >= 11 is 0. The predicted octanol–water partition coefficient (Wildman–Crippen LogP) is 1.54. The van der Waals surface area contributed by atoms with Crippen molar-refractivity contribution < 1.29 is 23.9 Å². The first-order valence-corrected chi connectivity index (χ1v) is 4.42. The summed E-state index contributed by atoms with van der Waals surface area (Å²) < 4.78 is 14.9. The van der Waals surface area contributed by atoms with E-state index in [1.54, 1.807) is 12.1 Å². The normalized spacial score (nSPS) is 10.4. The average molecular weight is 223 g/mol. The number of carboxylic acid groups (broad SMARTS) is 1. The Balaban J connectivity index is 2.75. The van der Waals surface area contributed by atoms with Crippen LogP contribution in [0.4, 0.5) is 0 Å². The van der Waals surface area contributed by atoms with E-state index in [1.807, 2.05) is 0 Å². The van der Waals surface area contributed by atoms with Gasteiger partial charge in [0.15, 0.2) is 17.0 Å². The lowest BCUT2D eigenvalue weighted by Gasteiger charge is -2.06. The van der Waals surface area contributed by atoms with Crippen LogP contribution in [0.1, 0.15) is 10.6 Å². The highest BCUT2D eigenvalue weighted by molar-refractivity contribution is 6.02. The number of nitrogens with zero attached hydrogens (tertiary/aromatic N) is 1. The van der Waals surface area contributed by atoms with Gasteiger partial charge in [0.1, 0.15) is 0 Å². The molecular formula is C10H9NO5. The zero-order valence-electron chi connectivity index (χ0n) is 8.68. The summed E-state index contributed by atoms with van der Waals surface area (Å²) in [5.74, 6) is -0.554. The number of ether oxygens (including phenoxy) is 2. The number of fused-ring (bicyclic) bond motifs is 1. The third-order valence-corrected chi connectivity index (χ3v) is 2.19. The SMILES string of the molecule is COc1ccc2c(C(=O)O)onc2c1OC. The quantitative estimate of drug-likeness (QED) is 0.849. The minimum Gasteiger partial charge on any atom is -0.493 e. The molecule has 0 aliphatic carbocycles. The smallest absolute Gasteiger partial charge is 0.375 e. The molecule has 0 fully saturated rings. The molecule has 0 amide bonds. The van der Waals surface area contributed by atoms with Crippen molar-refractivity contribution in [3.8, 4) is 11.5 Å². The van der Waals surface area contributed by atoms with Gasteiger partial charge in [-0.1, -0.05) is 5.16 Å². The minimum absolute atomic E-state index is 0.212. The predicted molar refractivity (Wildman–Crippen MR) is 54.1 cm³/mol. The van der Waals surface area contributed by atoms with Crippen LogP contribution in [-0.2, 0) is 0 Å². The molecule has 0 aliphatic heterocycles. The van der Waals surface area contributed by atoms with E-state index >= 15 is 0 Å². The Morgan fingerprint density at radius 2 is 2.12 bits per heavy atom. The van der Waals surface area contributed by atoms with Crippen molar-refractivity contribution in [2.24, 2.45) is 0 Å². The molecule has 1 N–H and O–H groups in total. The van der Waals surface area contributed by atoms with E-state index in [0.29, 0.717) is 22.4 Å². The largest absolute Gasteiger partial charge is 0.493 e. The zero-order chi connectivity index (χ0) is 11.7. The second-order valence-electron chi connectivity index (χ2n) is 3.01. The molecule has 6 heteroatoms. The van der Waals surface area contributed by atoms with E-state index in [2.05, 4.69) is 5.16 Å². The molecule has 1 aromatic heterocycles. The Kier molecular flexibility index (Phi) is 2.40. The lowest BCUT2D eigenvalue weighted by Crippen LogP contribution is -1.94. The zero-order valence-corrected chi connectivity index (χ0v) is 8.68. The highest BCUT2D eigenvalue weighted by Crippen LogP contribution is 2.35. The molecule has 0 aliphatic rings. The van der Waals surface area contributed by atoms with Crippen molar-refractivity contribution in [1.82, 2.24) is 5.16 Å². The molecule has 2 rings (SSSR count). The van der Waals surface area contributed by atoms with Crippen LogP contribution >= 0.6 is 0 Å². The number of aromatic carboxylic acids is 1. The third kappa shape index (κ3) is 1.35. The van der Waals surface area contributed by atoms with Gasteiger partial charge in [-0.15, -0.1) is 0 Å². The van der Waals surface area contributed by atoms with Gasteiger partial charge in [-0.3, -0.25) is 0 Å². The Morgan fingerprint density at radius 1 is 1.38 bits per heavy atom. The molecule has 2 aromatic rings. The molecule has 1 heterocycles. The van der Waals surface area contributed by atoms with E-state index in [4.69, 9.17) is 19.1 Å². The van der Waals surface area contributed by atoms with Crippen molar-refractivity contribution in [2.45, 2.75) is 0 Å². The number of carboxylic acids is 1. The van der Waals surface area contributed by atoms with Gasteiger partial charge >= 0.3 is 5.97 Å². The van der Waals surface area contributed by atoms with Gasteiger partial charge in [0.05, 0.1) is 19.6 Å². The average Bonchev–Trinajstić information content (AvgIpc) is 2.71. The number of aromatic nitrogens is 1. The molecule has 6 nitrogen and oxygen atoms in total. The molecule has 0 unspecified atom stereocenters. The number of hydrogen-bond donors (Lipinski definition) is 1. The van der Waals surface area contributed by atoms with E-state index < -0.39 is 5.97 Å². The number of carbonyl (C=O) groups is 1. The molecule has 0 saturated heterocycles. The number of hydrogen-bond acceptors (Lipinski definition) is 5. The maximum atomic E-state index is 10.8. The monoisotopic (exact) mass is 223 g/mol. The summed E-state index contributed by atoms with van der Waals surface area (Å²) in [4.78, 5) is 10.8. The lowest BCUT2D eigenvalue weighted by atomic mass is 10.2. The molecule has 0 radical (unpaired) electrons. The molecule has 1 aromatic carbocycles. The summed E-state index contributed by atoms with van der Waals surface area (Å²) in [6.07, 6.45) is 0.